The van der Waals surface area contributed by atoms with Gasteiger partial charge in [-0.25, -0.2) is 0 Å². The Kier molecular flexibility index (Phi) is 5.35. The maximum absolute atomic E-state index is 9.93. The molecule has 26 heavy (non-hydrogen) atoms. The first-order chi connectivity index (χ1) is 12.6. The fourth-order valence-corrected chi connectivity index (χ4v) is 2.99. The Balaban J connectivity index is 2.18. The molecule has 6 nitrogen and oxygen atoms in total. The average molecular weight is 376 g/mol. The first kappa shape index (κ1) is 18.1. The molecule has 136 valence electrons. The molecule has 1 heterocycles. The van der Waals surface area contributed by atoms with Gasteiger partial charge in [0.15, 0.2) is 17.3 Å². The molecule has 0 fully saturated rings. The maximum Gasteiger partial charge on any atom is 0.203 e. The van der Waals surface area contributed by atoms with Crippen LogP contribution in [0.1, 0.15) is 5.56 Å². The van der Waals surface area contributed by atoms with Crippen molar-refractivity contribution in [3.63, 3.8) is 0 Å². The van der Waals surface area contributed by atoms with E-state index in [4.69, 9.17) is 30.3 Å². The van der Waals surface area contributed by atoms with Gasteiger partial charge in [-0.15, -0.1) is 0 Å². The molecule has 0 saturated carbocycles. The number of halogens is 1. The Labute approximate surface area is 155 Å². The summed E-state index contributed by atoms with van der Waals surface area (Å²) in [4.78, 5) is 0. The molecule has 1 N–H and O–H groups in total. The van der Waals surface area contributed by atoms with E-state index in [2.05, 4.69) is 5.16 Å². The van der Waals surface area contributed by atoms with E-state index >= 15 is 0 Å². The van der Waals surface area contributed by atoms with Gasteiger partial charge in [0.2, 0.25) is 5.75 Å². The predicted octanol–water partition coefficient (Wildman–Crippen LogP) is 4.18. The summed E-state index contributed by atoms with van der Waals surface area (Å²) in [6.45, 7) is -0.268. The van der Waals surface area contributed by atoms with Crippen LogP contribution in [0.15, 0.2) is 40.9 Å². The van der Waals surface area contributed by atoms with Crippen LogP contribution in [0, 0.1) is 0 Å². The van der Waals surface area contributed by atoms with Gasteiger partial charge >= 0.3 is 0 Å². The predicted molar refractivity (Wildman–Crippen MR) is 98.0 cm³/mol. The molecule has 0 unspecified atom stereocenters. The van der Waals surface area contributed by atoms with Gasteiger partial charge in [0.1, 0.15) is 5.69 Å². The Morgan fingerprint density at radius 3 is 2.23 bits per heavy atom. The van der Waals surface area contributed by atoms with E-state index in [0.29, 0.717) is 50.4 Å². The third-order valence-corrected chi connectivity index (χ3v) is 4.33. The van der Waals surface area contributed by atoms with Crippen molar-refractivity contribution in [2.24, 2.45) is 0 Å². The summed E-state index contributed by atoms with van der Waals surface area (Å²) in [5.41, 5.74) is 2.32. The molecule has 3 rings (SSSR count). The summed E-state index contributed by atoms with van der Waals surface area (Å²) in [5.74, 6) is 1.82. The highest BCUT2D eigenvalue weighted by atomic mass is 35.5. The zero-order valence-corrected chi connectivity index (χ0v) is 15.3. The number of methoxy groups -OCH3 is 3. The molecular weight excluding hydrogens is 358 g/mol. The first-order valence-corrected chi connectivity index (χ1v) is 8.17. The summed E-state index contributed by atoms with van der Waals surface area (Å²) in [5, 5.41) is 14.6. The highest BCUT2D eigenvalue weighted by Gasteiger charge is 2.23. The van der Waals surface area contributed by atoms with E-state index in [1.807, 2.05) is 18.2 Å². The minimum absolute atomic E-state index is 0.268. The van der Waals surface area contributed by atoms with Gasteiger partial charge in [-0.05, 0) is 18.2 Å². The van der Waals surface area contributed by atoms with Crippen LogP contribution in [0.2, 0.25) is 5.02 Å². The Hall–Kier alpha value is -2.70. The van der Waals surface area contributed by atoms with E-state index in [1.54, 1.807) is 18.2 Å². The third kappa shape index (κ3) is 3.09. The fourth-order valence-electron chi connectivity index (χ4n) is 2.76. The number of hydrogen-bond acceptors (Lipinski definition) is 6. The van der Waals surface area contributed by atoms with Crippen molar-refractivity contribution < 1.29 is 23.8 Å². The molecule has 7 heteroatoms. The second-order valence-electron chi connectivity index (χ2n) is 5.39. The summed E-state index contributed by atoms with van der Waals surface area (Å²) in [6, 6.07) is 10.7. The second-order valence-corrected chi connectivity index (χ2v) is 5.80. The van der Waals surface area contributed by atoms with Gasteiger partial charge in [-0.1, -0.05) is 35.0 Å². The van der Waals surface area contributed by atoms with E-state index in [-0.39, 0.29) is 6.61 Å². The van der Waals surface area contributed by atoms with Crippen molar-refractivity contribution in [2.75, 3.05) is 21.3 Å². The fraction of sp³-hybridized carbons (Fsp3) is 0.211. The number of benzene rings is 2. The second kappa shape index (κ2) is 7.68. The molecule has 3 aromatic rings. The van der Waals surface area contributed by atoms with Gasteiger partial charge in [-0.3, -0.25) is 0 Å². The monoisotopic (exact) mass is 375 g/mol. The third-order valence-electron chi connectivity index (χ3n) is 4.00. The molecule has 0 amide bonds. The van der Waals surface area contributed by atoms with Crippen LogP contribution in [0.5, 0.6) is 17.2 Å². The Morgan fingerprint density at radius 2 is 1.69 bits per heavy atom. The summed E-state index contributed by atoms with van der Waals surface area (Å²) in [7, 11) is 4.59. The van der Waals surface area contributed by atoms with E-state index in [0.717, 1.165) is 0 Å². The van der Waals surface area contributed by atoms with Crippen LogP contribution in [0.3, 0.4) is 0 Å². The number of aromatic nitrogens is 1. The lowest BCUT2D eigenvalue weighted by molar-refractivity contribution is 0.281. The van der Waals surface area contributed by atoms with Crippen molar-refractivity contribution in [1.29, 1.82) is 0 Å². The lowest BCUT2D eigenvalue weighted by atomic mass is 10.0. The standard InChI is InChI=1S/C19H18ClNO5/c1-23-15-8-11(9-16(24-2)19(15)25-3)18-13(10-22)17(21-26-18)12-6-4-5-7-14(12)20/h4-9,22H,10H2,1-3H3. The lowest BCUT2D eigenvalue weighted by Crippen LogP contribution is -1.96. The quantitative estimate of drug-likeness (QED) is 0.696. The number of aliphatic hydroxyl groups excluding tert-OH is 1. The molecule has 0 aliphatic heterocycles. The molecule has 0 radical (unpaired) electrons. The lowest BCUT2D eigenvalue weighted by Gasteiger charge is -2.13. The van der Waals surface area contributed by atoms with Crippen LogP contribution < -0.4 is 14.2 Å². The molecule has 0 aliphatic carbocycles. The minimum atomic E-state index is -0.268. The first-order valence-electron chi connectivity index (χ1n) is 7.79. The number of hydrogen-bond donors (Lipinski definition) is 1. The normalized spacial score (nSPS) is 10.7. The van der Waals surface area contributed by atoms with Gasteiger partial charge in [0.25, 0.3) is 0 Å². The van der Waals surface area contributed by atoms with Gasteiger partial charge in [0, 0.05) is 11.1 Å². The highest BCUT2D eigenvalue weighted by molar-refractivity contribution is 6.33. The van der Waals surface area contributed by atoms with Crippen LogP contribution in [-0.4, -0.2) is 31.6 Å². The number of aliphatic hydroxyl groups is 1. The number of rotatable bonds is 6. The molecule has 1 aromatic heterocycles. The van der Waals surface area contributed by atoms with Crippen molar-refractivity contribution in [3.05, 3.63) is 47.0 Å². The van der Waals surface area contributed by atoms with Crippen molar-refractivity contribution in [3.8, 4) is 39.8 Å². The van der Waals surface area contributed by atoms with E-state index in [1.165, 1.54) is 21.3 Å². The molecule has 2 aromatic carbocycles. The maximum atomic E-state index is 9.93. The van der Waals surface area contributed by atoms with Crippen LogP contribution in [0.25, 0.3) is 22.6 Å². The van der Waals surface area contributed by atoms with Crippen LogP contribution >= 0.6 is 11.6 Å². The van der Waals surface area contributed by atoms with Gasteiger partial charge in [0.05, 0.1) is 38.5 Å². The van der Waals surface area contributed by atoms with Crippen molar-refractivity contribution in [1.82, 2.24) is 5.16 Å². The summed E-state index contributed by atoms with van der Waals surface area (Å²) in [6.07, 6.45) is 0. The minimum Gasteiger partial charge on any atom is -0.493 e. The van der Waals surface area contributed by atoms with E-state index < -0.39 is 0 Å². The number of ether oxygens (including phenoxy) is 3. The molecule has 0 atom stereocenters. The highest BCUT2D eigenvalue weighted by Crippen LogP contribution is 2.43. The van der Waals surface area contributed by atoms with Crippen molar-refractivity contribution >= 4 is 11.6 Å². The van der Waals surface area contributed by atoms with Gasteiger partial charge in [-0.2, -0.15) is 0 Å². The number of nitrogens with zero attached hydrogens (tertiary/aromatic N) is 1. The zero-order chi connectivity index (χ0) is 18.7. The molecular formula is C19H18ClNO5. The smallest absolute Gasteiger partial charge is 0.203 e. The van der Waals surface area contributed by atoms with Crippen LogP contribution in [0.4, 0.5) is 0 Å². The van der Waals surface area contributed by atoms with E-state index in [9.17, 15) is 5.11 Å². The summed E-state index contributed by atoms with van der Waals surface area (Å²) < 4.78 is 21.6. The molecule has 0 aliphatic rings. The molecule has 0 spiro atoms. The Morgan fingerprint density at radius 1 is 1.04 bits per heavy atom. The van der Waals surface area contributed by atoms with Crippen LogP contribution in [-0.2, 0) is 6.61 Å². The summed E-state index contributed by atoms with van der Waals surface area (Å²) >= 11 is 6.26. The largest absolute Gasteiger partial charge is 0.493 e. The zero-order valence-electron chi connectivity index (χ0n) is 14.6. The molecule has 0 saturated heterocycles. The topological polar surface area (TPSA) is 74.0 Å². The SMILES string of the molecule is COc1cc(-c2onc(-c3ccccc3Cl)c2CO)cc(OC)c1OC. The Bertz CT molecular complexity index is 897. The average Bonchev–Trinajstić information content (AvgIpc) is 3.10. The molecule has 0 bridgehead atoms. The van der Waals surface area contributed by atoms with Gasteiger partial charge < -0.3 is 23.8 Å². The van der Waals surface area contributed by atoms with Crippen molar-refractivity contribution in [2.45, 2.75) is 6.61 Å².